The molecule has 0 atom stereocenters. The number of ether oxygens (including phenoxy) is 1. The fourth-order valence-electron chi connectivity index (χ4n) is 1.48. The number of carbonyl (C=O) groups excluding carboxylic acids is 1. The Hall–Kier alpha value is -2.15. The van der Waals surface area contributed by atoms with Crippen LogP contribution in [-0.2, 0) is 9.53 Å². The Morgan fingerprint density at radius 2 is 1.95 bits per heavy atom. The molecule has 0 bridgehead atoms. The summed E-state index contributed by atoms with van der Waals surface area (Å²) in [5.74, 6) is 5.50. The van der Waals surface area contributed by atoms with Crippen LogP contribution in [0.3, 0.4) is 0 Å². The van der Waals surface area contributed by atoms with Gasteiger partial charge in [0.15, 0.2) is 0 Å². The number of unbranched alkanes of at least 4 members (excludes halogenated alkanes) is 2. The van der Waals surface area contributed by atoms with E-state index in [2.05, 4.69) is 18.4 Å². The van der Waals surface area contributed by atoms with Gasteiger partial charge < -0.3 is 4.74 Å². The summed E-state index contributed by atoms with van der Waals surface area (Å²) < 4.78 is 29.7. The average molecular weight is 292 g/mol. The largest absolute Gasteiger partial charge is 0.462 e. The van der Waals surface area contributed by atoms with Crippen molar-refractivity contribution in [2.75, 3.05) is 6.61 Å². The fourth-order valence-corrected chi connectivity index (χ4v) is 1.48. The predicted octanol–water partition coefficient (Wildman–Crippen LogP) is 4.27. The molecule has 0 aliphatic rings. The number of esters is 1. The number of rotatable bonds is 6. The lowest BCUT2D eigenvalue weighted by molar-refractivity contribution is -0.139. The minimum absolute atomic E-state index is 0.000113. The standard InChI is InChI=1S/C17H18F2O2/c1-13(2)17(20)21-12-6-4-3-5-7-14-8-10-15(11-9-14)16(18)19/h8-11,16H,1,3-4,6,12H2,2H3. The summed E-state index contributed by atoms with van der Waals surface area (Å²) in [6.45, 7) is 5.45. The number of halogens is 2. The molecule has 0 heterocycles. The molecule has 0 aliphatic carbocycles. The van der Waals surface area contributed by atoms with Gasteiger partial charge in [0.2, 0.25) is 0 Å². The number of carbonyl (C=O) groups is 1. The van der Waals surface area contributed by atoms with E-state index < -0.39 is 6.43 Å². The number of benzene rings is 1. The quantitative estimate of drug-likeness (QED) is 0.339. The van der Waals surface area contributed by atoms with Gasteiger partial charge >= 0.3 is 5.97 Å². The van der Waals surface area contributed by atoms with Crippen molar-refractivity contribution in [3.05, 3.63) is 47.5 Å². The Kier molecular flexibility index (Phi) is 7.17. The number of alkyl halides is 2. The van der Waals surface area contributed by atoms with Crippen LogP contribution in [0.2, 0.25) is 0 Å². The van der Waals surface area contributed by atoms with Crippen molar-refractivity contribution in [3.63, 3.8) is 0 Å². The summed E-state index contributed by atoms with van der Waals surface area (Å²) in [5.41, 5.74) is 1.11. The smallest absolute Gasteiger partial charge is 0.333 e. The maximum absolute atomic E-state index is 12.4. The third kappa shape index (κ3) is 6.71. The molecule has 0 unspecified atom stereocenters. The van der Waals surface area contributed by atoms with Crippen molar-refractivity contribution in [2.45, 2.75) is 32.6 Å². The van der Waals surface area contributed by atoms with Crippen LogP contribution in [-0.4, -0.2) is 12.6 Å². The van der Waals surface area contributed by atoms with Crippen LogP contribution < -0.4 is 0 Å². The number of hydrogen-bond acceptors (Lipinski definition) is 2. The lowest BCUT2D eigenvalue weighted by Gasteiger charge is -2.02. The third-order valence-electron chi connectivity index (χ3n) is 2.67. The minimum atomic E-state index is -2.45. The lowest BCUT2D eigenvalue weighted by atomic mass is 10.1. The SMILES string of the molecule is C=C(C)C(=O)OCCCCC#Cc1ccc(C(F)F)cc1. The van der Waals surface area contributed by atoms with Gasteiger partial charge in [-0.25, -0.2) is 13.6 Å². The molecule has 1 aromatic carbocycles. The highest BCUT2D eigenvalue weighted by atomic mass is 19.3. The summed E-state index contributed by atoms with van der Waals surface area (Å²) in [5, 5.41) is 0. The van der Waals surface area contributed by atoms with E-state index in [1.807, 2.05) is 0 Å². The molecule has 0 spiro atoms. The zero-order valence-electron chi connectivity index (χ0n) is 12.0. The Morgan fingerprint density at radius 3 is 2.52 bits per heavy atom. The Balaban J connectivity index is 2.24. The molecule has 112 valence electrons. The van der Waals surface area contributed by atoms with Gasteiger partial charge in [0, 0.05) is 23.1 Å². The van der Waals surface area contributed by atoms with E-state index >= 15 is 0 Å². The Morgan fingerprint density at radius 1 is 1.29 bits per heavy atom. The van der Waals surface area contributed by atoms with Gasteiger partial charge in [0.05, 0.1) is 6.61 Å². The van der Waals surface area contributed by atoms with Crippen molar-refractivity contribution >= 4 is 5.97 Å². The number of hydrogen-bond donors (Lipinski definition) is 0. The molecule has 21 heavy (non-hydrogen) atoms. The molecular weight excluding hydrogens is 274 g/mol. The zero-order chi connectivity index (χ0) is 15.7. The highest BCUT2D eigenvalue weighted by molar-refractivity contribution is 5.86. The minimum Gasteiger partial charge on any atom is -0.462 e. The Bertz CT molecular complexity index is 536. The first-order valence-corrected chi connectivity index (χ1v) is 6.70. The van der Waals surface area contributed by atoms with E-state index in [0.29, 0.717) is 24.2 Å². The van der Waals surface area contributed by atoms with Crippen LogP contribution in [0.25, 0.3) is 0 Å². The second-order valence-electron chi connectivity index (χ2n) is 4.60. The van der Waals surface area contributed by atoms with Gasteiger partial charge in [-0.1, -0.05) is 30.6 Å². The molecule has 0 N–H and O–H groups in total. The van der Waals surface area contributed by atoms with Crippen LogP contribution in [0, 0.1) is 11.8 Å². The molecular formula is C17H18F2O2. The molecule has 0 saturated carbocycles. The molecule has 0 amide bonds. The van der Waals surface area contributed by atoms with E-state index in [4.69, 9.17) is 4.74 Å². The van der Waals surface area contributed by atoms with Gasteiger partial charge in [0.25, 0.3) is 6.43 Å². The van der Waals surface area contributed by atoms with Crippen molar-refractivity contribution in [1.29, 1.82) is 0 Å². The highest BCUT2D eigenvalue weighted by Crippen LogP contribution is 2.18. The molecule has 0 radical (unpaired) electrons. The average Bonchev–Trinajstić information content (AvgIpc) is 2.46. The predicted molar refractivity (Wildman–Crippen MR) is 77.9 cm³/mol. The second kappa shape index (κ2) is 8.91. The van der Waals surface area contributed by atoms with Gasteiger partial charge in [0.1, 0.15) is 0 Å². The van der Waals surface area contributed by atoms with Crippen molar-refractivity contribution in [1.82, 2.24) is 0 Å². The lowest BCUT2D eigenvalue weighted by Crippen LogP contribution is -2.05. The van der Waals surface area contributed by atoms with E-state index in [9.17, 15) is 13.6 Å². The third-order valence-corrected chi connectivity index (χ3v) is 2.67. The first-order valence-electron chi connectivity index (χ1n) is 6.70. The van der Waals surface area contributed by atoms with Gasteiger partial charge in [-0.15, -0.1) is 0 Å². The summed E-state index contributed by atoms with van der Waals surface area (Å²) in [6.07, 6.45) is -0.237. The maximum Gasteiger partial charge on any atom is 0.333 e. The van der Waals surface area contributed by atoms with Crippen LogP contribution in [0.15, 0.2) is 36.4 Å². The fraction of sp³-hybridized carbons (Fsp3) is 0.353. The summed E-state index contributed by atoms with van der Waals surface area (Å²) in [6, 6.07) is 5.93. The van der Waals surface area contributed by atoms with E-state index in [0.717, 1.165) is 12.8 Å². The van der Waals surface area contributed by atoms with Gasteiger partial charge in [-0.05, 0) is 31.9 Å². The molecule has 1 rings (SSSR count). The van der Waals surface area contributed by atoms with Crippen LogP contribution in [0.1, 0.15) is 43.7 Å². The summed E-state index contributed by atoms with van der Waals surface area (Å²) in [4.78, 5) is 11.1. The zero-order valence-corrected chi connectivity index (χ0v) is 12.0. The van der Waals surface area contributed by atoms with Gasteiger partial charge in [-0.2, -0.15) is 0 Å². The monoisotopic (exact) mass is 292 g/mol. The summed E-state index contributed by atoms with van der Waals surface area (Å²) >= 11 is 0. The maximum atomic E-state index is 12.4. The molecule has 0 fully saturated rings. The molecule has 4 heteroatoms. The van der Waals surface area contributed by atoms with Gasteiger partial charge in [-0.3, -0.25) is 0 Å². The molecule has 0 aliphatic heterocycles. The molecule has 1 aromatic rings. The molecule has 0 aromatic heterocycles. The Labute approximate surface area is 123 Å². The summed E-state index contributed by atoms with van der Waals surface area (Å²) in [7, 11) is 0. The van der Waals surface area contributed by atoms with Crippen molar-refractivity contribution < 1.29 is 18.3 Å². The van der Waals surface area contributed by atoms with Crippen LogP contribution >= 0.6 is 0 Å². The van der Waals surface area contributed by atoms with E-state index in [1.54, 1.807) is 19.1 Å². The highest BCUT2D eigenvalue weighted by Gasteiger charge is 2.04. The van der Waals surface area contributed by atoms with Crippen LogP contribution in [0.4, 0.5) is 8.78 Å². The van der Waals surface area contributed by atoms with E-state index in [1.165, 1.54) is 12.1 Å². The van der Waals surface area contributed by atoms with Crippen molar-refractivity contribution in [2.24, 2.45) is 0 Å². The first kappa shape index (κ1) is 16.9. The normalized spacial score (nSPS) is 9.90. The van der Waals surface area contributed by atoms with Crippen molar-refractivity contribution in [3.8, 4) is 11.8 Å². The van der Waals surface area contributed by atoms with E-state index in [-0.39, 0.29) is 11.5 Å². The second-order valence-corrected chi connectivity index (χ2v) is 4.60. The first-order chi connectivity index (χ1) is 10.0. The van der Waals surface area contributed by atoms with Crippen LogP contribution in [0.5, 0.6) is 0 Å². The molecule has 2 nitrogen and oxygen atoms in total. The topological polar surface area (TPSA) is 26.3 Å². The molecule has 0 saturated heterocycles.